The van der Waals surface area contributed by atoms with Gasteiger partial charge >= 0.3 is 0 Å². The van der Waals surface area contributed by atoms with Crippen LogP contribution in [0.4, 0.5) is 0 Å². The van der Waals surface area contributed by atoms with Gasteiger partial charge in [0.15, 0.2) is 0 Å². The number of amides is 2. The van der Waals surface area contributed by atoms with Crippen molar-refractivity contribution >= 4 is 11.8 Å². The van der Waals surface area contributed by atoms with Gasteiger partial charge in [-0.05, 0) is 50.7 Å². The highest BCUT2D eigenvalue weighted by Crippen LogP contribution is 2.26. The molecule has 5 nitrogen and oxygen atoms in total. The molecule has 2 amide bonds. The first-order valence-corrected chi connectivity index (χ1v) is 9.20. The summed E-state index contributed by atoms with van der Waals surface area (Å²) in [6, 6.07) is 4.00. The third kappa shape index (κ3) is 3.60. The minimum Gasteiger partial charge on any atom is -0.339 e. The molecular weight excluding hydrogens is 302 g/mol. The van der Waals surface area contributed by atoms with E-state index in [1.807, 2.05) is 4.90 Å². The normalized spacial score (nSPS) is 22.5. The number of pyridine rings is 1. The van der Waals surface area contributed by atoms with Crippen molar-refractivity contribution in [3.63, 3.8) is 0 Å². The highest BCUT2D eigenvalue weighted by molar-refractivity contribution is 5.94. The molecule has 1 unspecified atom stereocenters. The molecule has 3 rings (SSSR count). The van der Waals surface area contributed by atoms with E-state index in [1.54, 1.807) is 24.5 Å². The number of carbonyl (C=O) groups excluding carboxylic acids is 2. The van der Waals surface area contributed by atoms with Crippen molar-refractivity contribution in [3.05, 3.63) is 30.1 Å². The van der Waals surface area contributed by atoms with Crippen molar-refractivity contribution in [2.75, 3.05) is 19.6 Å². The van der Waals surface area contributed by atoms with Gasteiger partial charge < -0.3 is 9.80 Å². The van der Waals surface area contributed by atoms with Gasteiger partial charge in [-0.25, -0.2) is 0 Å². The first kappa shape index (κ1) is 16.9. The molecule has 2 aliphatic heterocycles. The quantitative estimate of drug-likeness (QED) is 0.857. The maximum atomic E-state index is 12.9. The lowest BCUT2D eigenvalue weighted by Gasteiger charge is -2.39. The Labute approximate surface area is 144 Å². The van der Waals surface area contributed by atoms with Crippen LogP contribution in [-0.2, 0) is 4.79 Å². The average Bonchev–Trinajstić information content (AvgIpc) is 2.67. The van der Waals surface area contributed by atoms with Crippen molar-refractivity contribution in [1.82, 2.24) is 14.8 Å². The van der Waals surface area contributed by atoms with Gasteiger partial charge in [-0.15, -0.1) is 0 Å². The number of hydrogen-bond acceptors (Lipinski definition) is 3. The molecule has 2 aliphatic rings. The Morgan fingerprint density at radius 3 is 2.62 bits per heavy atom. The molecule has 0 aliphatic carbocycles. The summed E-state index contributed by atoms with van der Waals surface area (Å²) in [6.07, 6.45) is 9.38. The van der Waals surface area contributed by atoms with Crippen molar-refractivity contribution < 1.29 is 9.59 Å². The lowest BCUT2D eigenvalue weighted by Crippen LogP contribution is -2.49. The molecular formula is C19H27N3O2. The van der Waals surface area contributed by atoms with Crippen LogP contribution in [0.2, 0.25) is 0 Å². The molecule has 3 heterocycles. The molecule has 0 radical (unpaired) electrons. The molecule has 5 heteroatoms. The molecule has 2 saturated heterocycles. The van der Waals surface area contributed by atoms with E-state index in [0.717, 1.165) is 38.6 Å². The fraction of sp³-hybridized carbons (Fsp3) is 0.632. The summed E-state index contributed by atoms with van der Waals surface area (Å²) in [4.78, 5) is 33.3. The van der Waals surface area contributed by atoms with E-state index in [-0.39, 0.29) is 11.8 Å². The average molecular weight is 329 g/mol. The van der Waals surface area contributed by atoms with Crippen LogP contribution in [0.15, 0.2) is 24.5 Å². The van der Waals surface area contributed by atoms with Gasteiger partial charge in [0, 0.05) is 44.0 Å². The largest absolute Gasteiger partial charge is 0.339 e. The third-order valence-electron chi connectivity index (χ3n) is 5.42. The molecule has 130 valence electrons. The zero-order valence-electron chi connectivity index (χ0n) is 14.5. The minimum atomic E-state index is 0.0263. The highest BCUT2D eigenvalue weighted by atomic mass is 16.2. The number of carbonyl (C=O) groups is 2. The zero-order chi connectivity index (χ0) is 16.9. The number of piperidine rings is 2. The second kappa shape index (κ2) is 7.77. The number of nitrogens with zero attached hydrogens (tertiary/aromatic N) is 3. The standard InChI is InChI=1S/C19H27N3O2/c1-2-17-7-3-4-11-22(17)19(24)15-8-12-21(13-9-15)18(23)16-6-5-10-20-14-16/h5-6,10,14-15,17H,2-4,7-9,11-13H2,1H3. The Kier molecular flexibility index (Phi) is 5.48. The van der Waals surface area contributed by atoms with Crippen LogP contribution in [-0.4, -0.2) is 52.3 Å². The Bertz CT molecular complexity index is 567. The van der Waals surface area contributed by atoms with Gasteiger partial charge in [0.2, 0.25) is 5.91 Å². The Morgan fingerprint density at radius 2 is 1.96 bits per heavy atom. The van der Waals surface area contributed by atoms with Crippen LogP contribution >= 0.6 is 0 Å². The predicted molar refractivity (Wildman–Crippen MR) is 92.5 cm³/mol. The maximum absolute atomic E-state index is 12.9. The molecule has 1 atom stereocenters. The van der Waals surface area contributed by atoms with E-state index in [4.69, 9.17) is 0 Å². The Morgan fingerprint density at radius 1 is 1.17 bits per heavy atom. The van der Waals surface area contributed by atoms with Crippen LogP contribution in [0, 0.1) is 5.92 Å². The van der Waals surface area contributed by atoms with E-state index < -0.39 is 0 Å². The topological polar surface area (TPSA) is 53.5 Å². The smallest absolute Gasteiger partial charge is 0.255 e. The molecule has 0 aromatic carbocycles. The fourth-order valence-electron chi connectivity index (χ4n) is 3.95. The first-order chi connectivity index (χ1) is 11.7. The van der Waals surface area contributed by atoms with Crippen LogP contribution in [0.1, 0.15) is 55.8 Å². The minimum absolute atomic E-state index is 0.0263. The lowest BCUT2D eigenvalue weighted by atomic mass is 9.91. The summed E-state index contributed by atoms with van der Waals surface area (Å²) >= 11 is 0. The van der Waals surface area contributed by atoms with Crippen LogP contribution in [0.3, 0.4) is 0 Å². The van der Waals surface area contributed by atoms with Crippen molar-refractivity contribution in [2.45, 2.75) is 51.5 Å². The molecule has 0 N–H and O–H groups in total. The Balaban J connectivity index is 1.56. The maximum Gasteiger partial charge on any atom is 0.255 e. The fourth-order valence-corrected chi connectivity index (χ4v) is 3.95. The highest BCUT2D eigenvalue weighted by Gasteiger charge is 2.33. The molecule has 0 spiro atoms. The van der Waals surface area contributed by atoms with Crippen molar-refractivity contribution in [1.29, 1.82) is 0 Å². The van der Waals surface area contributed by atoms with Crippen molar-refractivity contribution in [3.8, 4) is 0 Å². The number of aromatic nitrogens is 1. The molecule has 0 bridgehead atoms. The van der Waals surface area contributed by atoms with E-state index in [2.05, 4.69) is 16.8 Å². The van der Waals surface area contributed by atoms with Gasteiger partial charge in [-0.3, -0.25) is 14.6 Å². The number of hydrogen-bond donors (Lipinski definition) is 0. The molecule has 1 aromatic heterocycles. The molecule has 0 saturated carbocycles. The Hall–Kier alpha value is -1.91. The zero-order valence-corrected chi connectivity index (χ0v) is 14.5. The summed E-state index contributed by atoms with van der Waals surface area (Å²) in [5, 5.41) is 0. The van der Waals surface area contributed by atoms with E-state index in [1.165, 1.54) is 6.42 Å². The third-order valence-corrected chi connectivity index (χ3v) is 5.42. The monoisotopic (exact) mass is 329 g/mol. The molecule has 1 aromatic rings. The second-order valence-corrected chi connectivity index (χ2v) is 6.90. The molecule has 24 heavy (non-hydrogen) atoms. The van der Waals surface area contributed by atoms with Gasteiger partial charge in [-0.1, -0.05) is 6.92 Å². The number of rotatable bonds is 3. The summed E-state index contributed by atoms with van der Waals surface area (Å²) in [7, 11) is 0. The summed E-state index contributed by atoms with van der Waals surface area (Å²) in [5.74, 6) is 0.420. The lowest BCUT2D eigenvalue weighted by molar-refractivity contribution is -0.140. The summed E-state index contributed by atoms with van der Waals surface area (Å²) < 4.78 is 0. The SMILES string of the molecule is CCC1CCCCN1C(=O)C1CCN(C(=O)c2cccnc2)CC1. The summed E-state index contributed by atoms with van der Waals surface area (Å²) in [5.41, 5.74) is 0.629. The van der Waals surface area contributed by atoms with Crippen LogP contribution < -0.4 is 0 Å². The van der Waals surface area contributed by atoms with Gasteiger partial charge in [0.1, 0.15) is 0 Å². The predicted octanol–water partition coefficient (Wildman–Crippen LogP) is 2.72. The van der Waals surface area contributed by atoms with E-state index in [9.17, 15) is 9.59 Å². The van der Waals surface area contributed by atoms with Gasteiger partial charge in [0.05, 0.1) is 5.56 Å². The van der Waals surface area contributed by atoms with Gasteiger partial charge in [-0.2, -0.15) is 0 Å². The van der Waals surface area contributed by atoms with Gasteiger partial charge in [0.25, 0.3) is 5.91 Å². The van der Waals surface area contributed by atoms with Crippen molar-refractivity contribution in [2.24, 2.45) is 5.92 Å². The van der Waals surface area contributed by atoms with E-state index >= 15 is 0 Å². The molecule has 2 fully saturated rings. The summed E-state index contributed by atoms with van der Waals surface area (Å²) in [6.45, 7) is 4.40. The number of likely N-dealkylation sites (tertiary alicyclic amines) is 2. The first-order valence-electron chi connectivity index (χ1n) is 9.20. The van der Waals surface area contributed by atoms with Crippen LogP contribution in [0.5, 0.6) is 0 Å². The second-order valence-electron chi connectivity index (χ2n) is 6.90. The van der Waals surface area contributed by atoms with Crippen LogP contribution in [0.25, 0.3) is 0 Å². The van der Waals surface area contributed by atoms with E-state index in [0.29, 0.717) is 30.6 Å².